The van der Waals surface area contributed by atoms with Crippen molar-refractivity contribution in [2.24, 2.45) is 0 Å². The Labute approximate surface area is 229 Å². The lowest BCUT2D eigenvalue weighted by atomic mass is 10.1. The molecular weight excluding hydrogens is 504 g/mol. The van der Waals surface area contributed by atoms with Gasteiger partial charge in [-0.05, 0) is 66.7 Å². The maximum atomic E-state index is 8.37. The summed E-state index contributed by atoms with van der Waals surface area (Å²) in [5.41, 5.74) is 3.59. The van der Waals surface area contributed by atoms with Gasteiger partial charge in [0.15, 0.2) is 0 Å². The van der Waals surface area contributed by atoms with E-state index in [-0.39, 0.29) is 35.0 Å². The number of ether oxygens (including phenoxy) is 2. The van der Waals surface area contributed by atoms with Gasteiger partial charge in [0.2, 0.25) is 23.6 Å². The quantitative estimate of drug-likeness (QED) is 0.172. The molecule has 40 heavy (non-hydrogen) atoms. The number of hydrogen-bond acceptors (Lipinski definition) is 10. The summed E-state index contributed by atoms with van der Waals surface area (Å²) >= 11 is 0. The minimum atomic E-state index is -0.305. The highest BCUT2D eigenvalue weighted by Gasteiger charge is 2.15. The highest BCUT2D eigenvalue weighted by molar-refractivity contribution is 6.07. The Morgan fingerprint density at radius 1 is 0.450 bits per heavy atom. The number of pyridine rings is 4. The monoisotopic (exact) mass is 526 g/mol. The van der Waals surface area contributed by atoms with Gasteiger partial charge in [0.25, 0.3) is 0 Å². The van der Waals surface area contributed by atoms with Crippen LogP contribution in [0.1, 0.15) is 22.5 Å². The fourth-order valence-electron chi connectivity index (χ4n) is 3.66. The smallest absolute Gasteiger partial charge is 0.239 e. The maximum absolute atomic E-state index is 8.37. The second kappa shape index (κ2) is 11.7. The van der Waals surface area contributed by atoms with E-state index in [0.717, 1.165) is 0 Å². The van der Waals surface area contributed by atoms with Gasteiger partial charge < -0.3 is 9.47 Å². The van der Waals surface area contributed by atoms with Crippen LogP contribution in [0, 0.1) is 21.6 Å². The molecule has 0 aliphatic rings. The van der Waals surface area contributed by atoms with Gasteiger partial charge in [-0.15, -0.1) is 0 Å². The lowest BCUT2D eigenvalue weighted by Crippen LogP contribution is -2.17. The Balaban J connectivity index is 1.26. The molecule has 0 spiro atoms. The van der Waals surface area contributed by atoms with Crippen molar-refractivity contribution in [2.45, 2.75) is 0 Å². The minimum Gasteiger partial charge on any atom is -0.419 e. The van der Waals surface area contributed by atoms with Crippen LogP contribution in [0.3, 0.4) is 0 Å². The molecule has 0 fully saturated rings. The predicted molar refractivity (Wildman–Crippen MR) is 151 cm³/mol. The fourth-order valence-corrected chi connectivity index (χ4v) is 3.66. The van der Waals surface area contributed by atoms with E-state index in [1.165, 1.54) is 6.07 Å². The van der Waals surface area contributed by atoms with Crippen molar-refractivity contribution in [2.75, 3.05) is 0 Å². The summed E-state index contributed by atoms with van der Waals surface area (Å²) in [7, 11) is 0. The first-order valence-corrected chi connectivity index (χ1v) is 12.1. The van der Waals surface area contributed by atoms with Gasteiger partial charge >= 0.3 is 0 Å². The average Bonchev–Trinajstić information content (AvgIpc) is 3.02. The number of rotatable bonds is 6. The third-order valence-corrected chi connectivity index (χ3v) is 5.61. The molecule has 5 rings (SSSR count). The van der Waals surface area contributed by atoms with Crippen LogP contribution >= 0.6 is 0 Å². The van der Waals surface area contributed by atoms with Crippen LogP contribution in [0.15, 0.2) is 109 Å². The molecule has 1 aromatic carbocycles. The lowest BCUT2D eigenvalue weighted by molar-refractivity contribution is 0.534. The van der Waals surface area contributed by atoms with E-state index in [2.05, 4.69) is 19.9 Å². The van der Waals surface area contributed by atoms with Crippen LogP contribution in [-0.2, 0) is 9.47 Å². The van der Waals surface area contributed by atoms with E-state index in [1.807, 2.05) is 24.3 Å². The molecule has 0 bridgehead atoms. The molecule has 0 amide bonds. The van der Waals surface area contributed by atoms with E-state index < -0.39 is 0 Å². The molecule has 0 aliphatic heterocycles. The van der Waals surface area contributed by atoms with Crippen molar-refractivity contribution in [3.63, 3.8) is 0 Å². The molecule has 194 valence electrons. The molecular formula is C30H22N8O2. The van der Waals surface area contributed by atoms with Gasteiger partial charge in [-0.2, -0.15) is 0 Å². The summed E-state index contributed by atoms with van der Waals surface area (Å²) in [5.74, 6) is -1.21. The Morgan fingerprint density at radius 3 is 1.30 bits per heavy atom. The Bertz CT molecular complexity index is 1600. The summed E-state index contributed by atoms with van der Waals surface area (Å²) in [6.07, 6.45) is 3.32. The molecule has 10 nitrogen and oxygen atoms in total. The molecule has 4 heterocycles. The van der Waals surface area contributed by atoms with Crippen LogP contribution < -0.4 is 0 Å². The van der Waals surface area contributed by atoms with Crippen LogP contribution in [0.25, 0.3) is 22.8 Å². The van der Waals surface area contributed by atoms with Crippen LogP contribution in [0.2, 0.25) is 0 Å². The number of aromatic nitrogens is 4. The van der Waals surface area contributed by atoms with Gasteiger partial charge in [0.1, 0.15) is 11.4 Å². The zero-order valence-electron chi connectivity index (χ0n) is 21.0. The Morgan fingerprint density at radius 2 is 0.875 bits per heavy atom. The molecule has 5 aromatic rings. The maximum Gasteiger partial charge on any atom is 0.239 e. The first kappa shape index (κ1) is 25.7. The lowest BCUT2D eigenvalue weighted by Gasteiger charge is -2.11. The molecule has 0 unspecified atom stereocenters. The third-order valence-electron chi connectivity index (χ3n) is 5.61. The standard InChI is InChI=1S/C30H22N8O2/c31-27(39-29(33)25-14-6-12-23(37-25)21-10-1-3-16-35-21)19-8-5-9-20(18-19)28(32)40-30(34)26-15-7-13-24(38-26)22-11-2-4-17-36-22/h1-18,31-34H. The summed E-state index contributed by atoms with van der Waals surface area (Å²) in [6.45, 7) is 0. The SMILES string of the molecule is N=C(OC(=N)c1cccc(-c2ccccn2)n1)c1cccc(C(=N)OC(=N)c2cccc(-c3ccccn3)n2)c1. The molecule has 0 saturated heterocycles. The van der Waals surface area contributed by atoms with Crippen molar-refractivity contribution in [3.05, 3.63) is 132 Å². The molecule has 0 saturated carbocycles. The van der Waals surface area contributed by atoms with Gasteiger partial charge in [-0.25, -0.2) is 9.97 Å². The van der Waals surface area contributed by atoms with Gasteiger partial charge in [0.05, 0.1) is 22.8 Å². The first-order chi connectivity index (χ1) is 19.5. The van der Waals surface area contributed by atoms with Crippen molar-refractivity contribution in [1.82, 2.24) is 19.9 Å². The molecule has 0 radical (unpaired) electrons. The van der Waals surface area contributed by atoms with Crippen LogP contribution in [0.4, 0.5) is 0 Å². The second-order valence-corrected chi connectivity index (χ2v) is 8.35. The van der Waals surface area contributed by atoms with E-state index in [1.54, 1.807) is 79.1 Å². The number of hydrogen-bond donors (Lipinski definition) is 4. The first-order valence-electron chi connectivity index (χ1n) is 12.1. The predicted octanol–water partition coefficient (Wildman–Crippen LogP) is 5.34. The minimum absolute atomic E-state index is 0.244. The second-order valence-electron chi connectivity index (χ2n) is 8.35. The number of benzene rings is 1. The van der Waals surface area contributed by atoms with Gasteiger partial charge in [-0.3, -0.25) is 31.6 Å². The zero-order chi connectivity index (χ0) is 27.9. The molecule has 10 heteroatoms. The average molecular weight is 527 g/mol. The summed E-state index contributed by atoms with van der Waals surface area (Å²) in [5, 5.41) is 33.4. The normalized spacial score (nSPS) is 10.4. The van der Waals surface area contributed by atoms with Gasteiger partial charge in [0, 0.05) is 23.5 Å². The summed E-state index contributed by atoms with van der Waals surface area (Å²) in [6, 6.07) is 27.6. The van der Waals surface area contributed by atoms with Crippen molar-refractivity contribution < 1.29 is 9.47 Å². The largest absolute Gasteiger partial charge is 0.419 e. The Kier molecular flexibility index (Phi) is 7.50. The van der Waals surface area contributed by atoms with Crippen molar-refractivity contribution in [1.29, 1.82) is 21.6 Å². The zero-order valence-corrected chi connectivity index (χ0v) is 21.0. The summed E-state index contributed by atoms with van der Waals surface area (Å²) < 4.78 is 10.9. The molecule has 0 atom stereocenters. The van der Waals surface area contributed by atoms with Crippen LogP contribution in [0.5, 0.6) is 0 Å². The van der Waals surface area contributed by atoms with Gasteiger partial charge in [-0.1, -0.05) is 30.3 Å². The van der Waals surface area contributed by atoms with E-state index in [0.29, 0.717) is 33.9 Å². The van der Waals surface area contributed by atoms with E-state index in [9.17, 15) is 0 Å². The highest BCUT2D eigenvalue weighted by Crippen LogP contribution is 2.17. The number of nitrogens with zero attached hydrogens (tertiary/aromatic N) is 4. The molecule has 4 N–H and O–H groups in total. The van der Waals surface area contributed by atoms with E-state index >= 15 is 0 Å². The molecule has 0 aliphatic carbocycles. The fraction of sp³-hybridized carbons (Fsp3) is 0. The van der Waals surface area contributed by atoms with Crippen molar-refractivity contribution in [3.8, 4) is 22.8 Å². The topological polar surface area (TPSA) is 165 Å². The highest BCUT2D eigenvalue weighted by atomic mass is 16.5. The molecule has 4 aromatic heterocycles. The van der Waals surface area contributed by atoms with Crippen molar-refractivity contribution >= 4 is 23.6 Å². The number of nitrogens with one attached hydrogen (secondary N) is 4. The third kappa shape index (κ3) is 5.97. The van der Waals surface area contributed by atoms with Crippen LogP contribution in [-0.4, -0.2) is 43.5 Å². The summed E-state index contributed by atoms with van der Waals surface area (Å²) in [4.78, 5) is 17.4. The van der Waals surface area contributed by atoms with E-state index in [4.69, 9.17) is 31.1 Å². The Hall–Kier alpha value is -5.90.